The summed E-state index contributed by atoms with van der Waals surface area (Å²) in [4.78, 5) is -0.143. The van der Waals surface area contributed by atoms with Gasteiger partial charge in [0.2, 0.25) is 10.0 Å². The van der Waals surface area contributed by atoms with Gasteiger partial charge in [0.05, 0.1) is 10.9 Å². The number of nitrogens with two attached hydrogens (primary N) is 1. The lowest BCUT2D eigenvalue weighted by Crippen LogP contribution is -2.12. The maximum atomic E-state index is 13.9. The highest BCUT2D eigenvalue weighted by Gasteiger charge is 2.20. The lowest BCUT2D eigenvalue weighted by molar-refractivity contribution is 0.516. The summed E-state index contributed by atoms with van der Waals surface area (Å²) in [6, 6.07) is 4.53. The van der Waals surface area contributed by atoms with Crippen molar-refractivity contribution in [2.75, 3.05) is 0 Å². The maximum Gasteiger partial charge on any atom is 0.240 e. The monoisotopic (exact) mass is 298 g/mol. The fourth-order valence-corrected chi connectivity index (χ4v) is 3.10. The van der Waals surface area contributed by atoms with Crippen LogP contribution < -0.4 is 5.14 Å². The van der Waals surface area contributed by atoms with E-state index in [-0.39, 0.29) is 10.3 Å². The second-order valence-corrected chi connectivity index (χ2v) is 6.93. The fraction of sp³-hybridized carbons (Fsp3) is 0.429. The number of rotatable bonds is 5. The number of nitrogens with zero attached hydrogens (tertiary/aromatic N) is 1. The van der Waals surface area contributed by atoms with E-state index in [1.54, 1.807) is 16.7 Å². The summed E-state index contributed by atoms with van der Waals surface area (Å²) in [5.41, 5.74) is 0.567. The zero-order valence-electron chi connectivity index (χ0n) is 11.6. The average Bonchev–Trinajstić information content (AvgIpc) is 2.69. The van der Waals surface area contributed by atoms with E-state index in [0.29, 0.717) is 18.0 Å². The first-order chi connectivity index (χ1) is 9.30. The number of halogens is 1. The van der Waals surface area contributed by atoms with Gasteiger partial charge < -0.3 is 4.57 Å². The normalized spacial score (nSPS) is 12.4. The smallest absolute Gasteiger partial charge is 0.240 e. The minimum Gasteiger partial charge on any atom is -0.346 e. The topological polar surface area (TPSA) is 65.1 Å². The van der Waals surface area contributed by atoms with Crippen molar-refractivity contribution in [3.8, 4) is 0 Å². The Morgan fingerprint density at radius 3 is 2.65 bits per heavy atom. The molecule has 6 heteroatoms. The SMILES string of the molecule is CC(C)CCCn1cc(S(N)(=O)=O)c2c(F)cccc21. The summed E-state index contributed by atoms with van der Waals surface area (Å²) in [6.07, 6.45) is 3.37. The van der Waals surface area contributed by atoms with Gasteiger partial charge >= 0.3 is 0 Å². The van der Waals surface area contributed by atoms with Crippen LogP contribution in [0.5, 0.6) is 0 Å². The fourth-order valence-electron chi connectivity index (χ4n) is 2.34. The van der Waals surface area contributed by atoms with Crippen LogP contribution in [0.3, 0.4) is 0 Å². The third kappa shape index (κ3) is 3.02. The average molecular weight is 298 g/mol. The molecule has 0 aliphatic heterocycles. The molecule has 0 saturated carbocycles. The van der Waals surface area contributed by atoms with Crippen molar-refractivity contribution in [2.24, 2.45) is 11.1 Å². The van der Waals surface area contributed by atoms with Crippen molar-refractivity contribution >= 4 is 20.9 Å². The van der Waals surface area contributed by atoms with E-state index in [1.807, 2.05) is 0 Å². The number of hydrogen-bond donors (Lipinski definition) is 1. The second kappa shape index (κ2) is 5.54. The van der Waals surface area contributed by atoms with Gasteiger partial charge in [-0.2, -0.15) is 0 Å². The van der Waals surface area contributed by atoms with Crippen LogP contribution in [0.25, 0.3) is 10.9 Å². The molecule has 0 fully saturated rings. The predicted molar refractivity (Wildman–Crippen MR) is 77.3 cm³/mol. The Morgan fingerprint density at radius 1 is 1.35 bits per heavy atom. The summed E-state index contributed by atoms with van der Waals surface area (Å²) < 4.78 is 38.9. The van der Waals surface area contributed by atoms with Crippen LogP contribution in [0.2, 0.25) is 0 Å². The first-order valence-corrected chi connectivity index (χ1v) is 8.15. The predicted octanol–water partition coefficient (Wildman–Crippen LogP) is 2.86. The van der Waals surface area contributed by atoms with Gasteiger partial charge in [-0.25, -0.2) is 17.9 Å². The Hall–Kier alpha value is -1.40. The van der Waals surface area contributed by atoms with Gasteiger partial charge in [-0.15, -0.1) is 0 Å². The second-order valence-electron chi connectivity index (χ2n) is 5.40. The van der Waals surface area contributed by atoms with Gasteiger partial charge in [-0.3, -0.25) is 0 Å². The third-order valence-corrected chi connectivity index (χ3v) is 4.23. The largest absolute Gasteiger partial charge is 0.346 e. The maximum absolute atomic E-state index is 13.9. The first kappa shape index (κ1) is 15.0. The molecule has 0 radical (unpaired) electrons. The van der Waals surface area contributed by atoms with E-state index < -0.39 is 15.8 Å². The molecule has 0 unspecified atom stereocenters. The van der Waals surface area contributed by atoms with Gasteiger partial charge in [0.15, 0.2) is 0 Å². The summed E-state index contributed by atoms with van der Waals surface area (Å²) in [5.74, 6) is 0.0143. The van der Waals surface area contributed by atoms with E-state index in [0.717, 1.165) is 12.8 Å². The van der Waals surface area contributed by atoms with Crippen LogP contribution >= 0.6 is 0 Å². The first-order valence-electron chi connectivity index (χ1n) is 6.61. The van der Waals surface area contributed by atoms with E-state index >= 15 is 0 Å². The van der Waals surface area contributed by atoms with Gasteiger partial charge in [-0.1, -0.05) is 19.9 Å². The third-order valence-electron chi connectivity index (χ3n) is 3.31. The van der Waals surface area contributed by atoms with Crippen LogP contribution in [-0.2, 0) is 16.6 Å². The molecular formula is C14H19FN2O2S. The van der Waals surface area contributed by atoms with Crippen LogP contribution in [0.4, 0.5) is 4.39 Å². The molecule has 2 rings (SSSR count). The van der Waals surface area contributed by atoms with Crippen LogP contribution in [0.15, 0.2) is 29.3 Å². The quantitative estimate of drug-likeness (QED) is 0.922. The Bertz CT molecular complexity index is 720. The van der Waals surface area contributed by atoms with Crippen molar-refractivity contribution in [3.63, 3.8) is 0 Å². The number of primary sulfonamides is 1. The van der Waals surface area contributed by atoms with Gasteiger partial charge in [-0.05, 0) is 30.9 Å². The summed E-state index contributed by atoms with van der Waals surface area (Å²) in [7, 11) is -3.93. The van der Waals surface area contributed by atoms with Gasteiger partial charge in [0, 0.05) is 12.7 Å². The molecule has 2 aromatic rings. The van der Waals surface area contributed by atoms with E-state index in [1.165, 1.54) is 12.3 Å². The molecule has 4 nitrogen and oxygen atoms in total. The molecule has 0 atom stereocenters. The standard InChI is InChI=1S/C14H19FN2O2S/c1-10(2)5-4-8-17-9-13(20(16,18)19)14-11(15)6-3-7-12(14)17/h3,6-7,9-10H,4-5,8H2,1-2H3,(H2,16,18,19). The number of aromatic nitrogens is 1. The van der Waals surface area contributed by atoms with Crippen molar-refractivity contribution in [1.29, 1.82) is 0 Å². The molecular weight excluding hydrogens is 279 g/mol. The zero-order valence-corrected chi connectivity index (χ0v) is 12.5. The minimum absolute atomic E-state index is 0.0829. The van der Waals surface area contributed by atoms with Crippen molar-refractivity contribution in [3.05, 3.63) is 30.2 Å². The zero-order chi connectivity index (χ0) is 14.9. The molecule has 0 spiro atoms. The van der Waals surface area contributed by atoms with Crippen molar-refractivity contribution in [2.45, 2.75) is 38.1 Å². The Labute approximate surface area is 118 Å². The molecule has 1 aromatic heterocycles. The Kier molecular flexibility index (Phi) is 4.15. The molecule has 0 saturated heterocycles. The van der Waals surface area contributed by atoms with E-state index in [4.69, 9.17) is 5.14 Å². The molecule has 0 amide bonds. The Morgan fingerprint density at radius 2 is 2.05 bits per heavy atom. The lowest BCUT2D eigenvalue weighted by Gasteiger charge is -2.07. The minimum atomic E-state index is -3.93. The van der Waals surface area contributed by atoms with Crippen LogP contribution in [0.1, 0.15) is 26.7 Å². The number of benzene rings is 1. The van der Waals surface area contributed by atoms with E-state index in [9.17, 15) is 12.8 Å². The Balaban J connectivity index is 2.49. The van der Waals surface area contributed by atoms with Crippen molar-refractivity contribution in [1.82, 2.24) is 4.57 Å². The summed E-state index contributed by atoms with van der Waals surface area (Å²) in [5, 5.41) is 5.26. The van der Waals surface area contributed by atoms with Gasteiger partial charge in [0.1, 0.15) is 10.7 Å². The molecule has 0 bridgehead atoms. The molecule has 0 aliphatic carbocycles. The highest BCUT2D eigenvalue weighted by molar-refractivity contribution is 7.89. The summed E-state index contributed by atoms with van der Waals surface area (Å²) >= 11 is 0. The summed E-state index contributed by atoms with van der Waals surface area (Å²) in [6.45, 7) is 4.90. The molecule has 2 N–H and O–H groups in total. The van der Waals surface area contributed by atoms with Crippen LogP contribution in [-0.4, -0.2) is 13.0 Å². The molecule has 1 aromatic carbocycles. The lowest BCUT2D eigenvalue weighted by atomic mass is 10.1. The van der Waals surface area contributed by atoms with Crippen molar-refractivity contribution < 1.29 is 12.8 Å². The molecule has 110 valence electrons. The highest BCUT2D eigenvalue weighted by Crippen LogP contribution is 2.27. The van der Waals surface area contributed by atoms with E-state index in [2.05, 4.69) is 13.8 Å². The molecule has 1 heterocycles. The van der Waals surface area contributed by atoms with Gasteiger partial charge in [0.25, 0.3) is 0 Å². The molecule has 0 aliphatic rings. The molecule has 20 heavy (non-hydrogen) atoms. The number of fused-ring (bicyclic) bond motifs is 1. The number of aryl methyl sites for hydroxylation is 1. The van der Waals surface area contributed by atoms with Crippen LogP contribution in [0, 0.1) is 11.7 Å². The number of sulfonamides is 1. The highest BCUT2D eigenvalue weighted by atomic mass is 32.2. The number of hydrogen-bond acceptors (Lipinski definition) is 2.